The number of ether oxygens (including phenoxy) is 1. The van der Waals surface area contributed by atoms with Crippen molar-refractivity contribution in [2.75, 3.05) is 18.5 Å². The molecule has 186 valence electrons. The molecule has 2 bridgehead atoms. The maximum Gasteiger partial charge on any atom is 0.326 e. The lowest BCUT2D eigenvalue weighted by molar-refractivity contribution is -0.154. The highest BCUT2D eigenvalue weighted by Crippen LogP contribution is 2.60. The summed E-state index contributed by atoms with van der Waals surface area (Å²) in [6.45, 7) is -1.16. The molecular formula is C28H20Cl2N2O5. The van der Waals surface area contributed by atoms with Crippen LogP contribution in [0.4, 0.5) is 5.69 Å². The summed E-state index contributed by atoms with van der Waals surface area (Å²) < 4.78 is 5.08. The van der Waals surface area contributed by atoms with Crippen molar-refractivity contribution in [3.63, 3.8) is 0 Å². The van der Waals surface area contributed by atoms with Gasteiger partial charge in [-0.3, -0.25) is 24.1 Å². The topological polar surface area (TPSA) is 92.8 Å². The predicted octanol–water partition coefficient (Wildman–Crippen LogP) is 4.37. The van der Waals surface area contributed by atoms with Crippen molar-refractivity contribution in [1.82, 2.24) is 4.90 Å². The highest BCUT2D eigenvalue weighted by molar-refractivity contribution is 6.44. The minimum atomic E-state index is -0.852. The van der Waals surface area contributed by atoms with E-state index in [0.29, 0.717) is 0 Å². The number of rotatable bonds is 5. The van der Waals surface area contributed by atoms with Crippen molar-refractivity contribution in [3.05, 3.63) is 99.0 Å². The van der Waals surface area contributed by atoms with Crippen LogP contribution in [0.3, 0.4) is 0 Å². The van der Waals surface area contributed by atoms with E-state index in [2.05, 4.69) is 5.32 Å². The van der Waals surface area contributed by atoms with E-state index in [1.807, 2.05) is 48.5 Å². The lowest BCUT2D eigenvalue weighted by atomic mass is 9.55. The van der Waals surface area contributed by atoms with Crippen molar-refractivity contribution in [2.24, 2.45) is 11.8 Å². The zero-order valence-electron chi connectivity index (χ0n) is 19.3. The first-order valence-electron chi connectivity index (χ1n) is 11.8. The van der Waals surface area contributed by atoms with Gasteiger partial charge in [0.1, 0.15) is 6.54 Å². The summed E-state index contributed by atoms with van der Waals surface area (Å²) in [6, 6.07) is 20.6. The van der Waals surface area contributed by atoms with Crippen LogP contribution < -0.4 is 5.32 Å². The quantitative estimate of drug-likeness (QED) is 0.387. The van der Waals surface area contributed by atoms with E-state index < -0.39 is 36.9 Å². The monoisotopic (exact) mass is 534 g/mol. The number of hydrogen-bond acceptors (Lipinski definition) is 5. The van der Waals surface area contributed by atoms with Gasteiger partial charge in [0.2, 0.25) is 11.8 Å². The normalized spacial score (nSPS) is 22.8. The number of anilines is 1. The molecule has 1 heterocycles. The molecule has 7 rings (SSSR count). The molecule has 0 saturated carbocycles. The van der Waals surface area contributed by atoms with Crippen LogP contribution in [-0.4, -0.2) is 41.7 Å². The van der Waals surface area contributed by atoms with Crippen LogP contribution in [0.5, 0.6) is 0 Å². The van der Waals surface area contributed by atoms with E-state index in [4.69, 9.17) is 27.9 Å². The Morgan fingerprint density at radius 3 is 1.81 bits per heavy atom. The number of nitrogens with one attached hydrogen (secondary N) is 1. The average molecular weight is 535 g/mol. The van der Waals surface area contributed by atoms with Gasteiger partial charge in [0.05, 0.1) is 27.6 Å². The summed E-state index contributed by atoms with van der Waals surface area (Å²) >= 11 is 12.0. The van der Waals surface area contributed by atoms with Crippen LogP contribution in [0.15, 0.2) is 66.7 Å². The average Bonchev–Trinajstić information content (AvgIpc) is 3.15. The fraction of sp³-hybridized carbons (Fsp3) is 0.214. The highest BCUT2D eigenvalue weighted by Gasteiger charge is 2.61. The van der Waals surface area contributed by atoms with Crippen LogP contribution in [0.25, 0.3) is 0 Å². The van der Waals surface area contributed by atoms with Crippen LogP contribution in [-0.2, 0) is 23.9 Å². The number of likely N-dealkylation sites (tertiary alicyclic amines) is 1. The molecule has 3 amide bonds. The van der Waals surface area contributed by atoms with Crippen molar-refractivity contribution in [3.8, 4) is 0 Å². The van der Waals surface area contributed by atoms with Gasteiger partial charge in [-0.25, -0.2) is 0 Å². The summed E-state index contributed by atoms with van der Waals surface area (Å²) in [5, 5.41) is 2.95. The maximum atomic E-state index is 13.5. The Morgan fingerprint density at radius 2 is 1.30 bits per heavy atom. The number of imide groups is 1. The number of amides is 3. The summed E-state index contributed by atoms with van der Waals surface area (Å²) in [6.07, 6.45) is 0. The van der Waals surface area contributed by atoms with Gasteiger partial charge in [-0.15, -0.1) is 0 Å². The molecule has 1 aliphatic heterocycles. The molecule has 1 N–H and O–H groups in total. The van der Waals surface area contributed by atoms with E-state index in [0.717, 1.165) is 27.2 Å². The number of halogens is 2. The van der Waals surface area contributed by atoms with E-state index >= 15 is 0 Å². The molecule has 1 fully saturated rings. The van der Waals surface area contributed by atoms with Crippen LogP contribution in [0.2, 0.25) is 10.0 Å². The Hall–Kier alpha value is -3.68. The number of carbonyl (C=O) groups is 4. The first-order valence-corrected chi connectivity index (χ1v) is 12.5. The van der Waals surface area contributed by atoms with Gasteiger partial charge < -0.3 is 10.1 Å². The molecule has 37 heavy (non-hydrogen) atoms. The van der Waals surface area contributed by atoms with Gasteiger partial charge in [0.25, 0.3) is 5.91 Å². The minimum absolute atomic E-state index is 0.163. The van der Waals surface area contributed by atoms with E-state index in [1.54, 1.807) is 18.2 Å². The van der Waals surface area contributed by atoms with Gasteiger partial charge in [0, 0.05) is 11.8 Å². The molecule has 0 spiro atoms. The van der Waals surface area contributed by atoms with Crippen molar-refractivity contribution in [2.45, 2.75) is 11.8 Å². The lowest BCUT2D eigenvalue weighted by Crippen LogP contribution is -2.41. The highest BCUT2D eigenvalue weighted by atomic mass is 35.5. The van der Waals surface area contributed by atoms with Gasteiger partial charge >= 0.3 is 5.97 Å². The van der Waals surface area contributed by atoms with Crippen LogP contribution >= 0.6 is 23.2 Å². The van der Waals surface area contributed by atoms with E-state index in [-0.39, 0.29) is 39.4 Å². The van der Waals surface area contributed by atoms with Crippen LogP contribution in [0, 0.1) is 11.8 Å². The molecule has 3 aromatic rings. The number of hydrogen-bond donors (Lipinski definition) is 1. The zero-order valence-corrected chi connectivity index (χ0v) is 20.8. The fourth-order valence-electron chi connectivity index (χ4n) is 6.00. The standard InChI is InChI=1S/C28H20Cl2N2O5/c29-18-10-5-11-19(26(18)30)31-20(33)13-37-21(34)12-32-27(35)24-22-14-6-1-2-7-15(14)23(25(24)28(32)36)17-9-4-3-8-16(17)22/h1-11,22-25H,12-13H2,(H,31,33)/t22?,23?,24-,25+. The molecule has 3 aliphatic carbocycles. The van der Waals surface area contributed by atoms with E-state index in [9.17, 15) is 19.2 Å². The number of nitrogens with zero attached hydrogens (tertiary/aromatic N) is 1. The second-order valence-electron chi connectivity index (χ2n) is 9.34. The molecule has 2 atom stereocenters. The number of esters is 1. The molecule has 4 aliphatic rings. The van der Waals surface area contributed by atoms with Gasteiger partial charge in [-0.05, 0) is 34.4 Å². The predicted molar refractivity (Wildman–Crippen MR) is 136 cm³/mol. The Labute approximate surface area is 222 Å². The number of carbonyl (C=O) groups excluding carboxylic acids is 4. The second-order valence-corrected chi connectivity index (χ2v) is 10.1. The molecular weight excluding hydrogens is 515 g/mol. The molecule has 7 nitrogen and oxygen atoms in total. The Balaban J connectivity index is 1.18. The Morgan fingerprint density at radius 1 is 0.784 bits per heavy atom. The Kier molecular flexibility index (Phi) is 5.77. The Bertz CT molecular complexity index is 1370. The third kappa shape index (κ3) is 3.72. The summed E-state index contributed by atoms with van der Waals surface area (Å²) in [5.41, 5.74) is 4.48. The molecule has 0 radical (unpaired) electrons. The first kappa shape index (κ1) is 23.7. The summed E-state index contributed by atoms with van der Waals surface area (Å²) in [4.78, 5) is 52.9. The summed E-state index contributed by atoms with van der Waals surface area (Å²) in [5.74, 6) is -3.93. The first-order chi connectivity index (χ1) is 17.9. The third-order valence-electron chi connectivity index (χ3n) is 7.42. The van der Waals surface area contributed by atoms with Gasteiger partial charge in [-0.2, -0.15) is 0 Å². The molecule has 0 unspecified atom stereocenters. The number of benzene rings is 3. The summed E-state index contributed by atoms with van der Waals surface area (Å²) in [7, 11) is 0. The van der Waals surface area contributed by atoms with Crippen molar-refractivity contribution < 1.29 is 23.9 Å². The maximum absolute atomic E-state index is 13.5. The van der Waals surface area contributed by atoms with Crippen molar-refractivity contribution >= 4 is 52.6 Å². The smallest absolute Gasteiger partial charge is 0.326 e. The SMILES string of the molecule is O=C(COC(=O)CN1C(=O)[C@@H]2C3c4ccccc4C(c4ccccc43)[C@@H]2C1=O)Nc1cccc(Cl)c1Cl. The fourth-order valence-corrected chi connectivity index (χ4v) is 6.35. The van der Waals surface area contributed by atoms with E-state index in [1.165, 1.54) is 0 Å². The van der Waals surface area contributed by atoms with Crippen molar-refractivity contribution in [1.29, 1.82) is 0 Å². The second kappa shape index (κ2) is 9.01. The third-order valence-corrected chi connectivity index (χ3v) is 8.24. The van der Waals surface area contributed by atoms with Gasteiger partial charge in [0.15, 0.2) is 6.61 Å². The molecule has 9 heteroatoms. The van der Waals surface area contributed by atoms with Crippen LogP contribution in [0.1, 0.15) is 34.1 Å². The molecule has 3 aromatic carbocycles. The molecule has 0 aromatic heterocycles. The minimum Gasteiger partial charge on any atom is -0.454 e. The van der Waals surface area contributed by atoms with Gasteiger partial charge in [-0.1, -0.05) is 77.8 Å². The molecule has 1 saturated heterocycles. The zero-order chi connectivity index (χ0) is 25.8. The lowest BCUT2D eigenvalue weighted by Gasteiger charge is -2.45. The largest absolute Gasteiger partial charge is 0.454 e.